The van der Waals surface area contributed by atoms with Crippen LogP contribution in [0.3, 0.4) is 0 Å². The van der Waals surface area contributed by atoms with Crippen LogP contribution < -0.4 is 16.3 Å². The van der Waals surface area contributed by atoms with Gasteiger partial charge in [-0.3, -0.25) is 14.4 Å². The zero-order chi connectivity index (χ0) is 23.8. The van der Waals surface area contributed by atoms with Crippen LogP contribution >= 0.6 is 0 Å². The van der Waals surface area contributed by atoms with Crippen LogP contribution in [0.5, 0.6) is 0 Å². The number of aromatic amines is 1. The Morgan fingerprint density at radius 2 is 1.53 bits per heavy atom. The van der Waals surface area contributed by atoms with E-state index in [0.717, 1.165) is 5.56 Å². The van der Waals surface area contributed by atoms with Crippen molar-refractivity contribution in [2.24, 2.45) is 5.10 Å². The topological polar surface area (TPSA) is 116 Å². The minimum atomic E-state index is -1.20. The normalized spacial score (nSPS) is 12.1. The van der Waals surface area contributed by atoms with Gasteiger partial charge in [0.25, 0.3) is 17.4 Å². The zero-order valence-corrected chi connectivity index (χ0v) is 18.0. The average molecular weight is 451 g/mol. The summed E-state index contributed by atoms with van der Waals surface area (Å²) < 4.78 is 0. The summed E-state index contributed by atoms with van der Waals surface area (Å²) in [6, 6.07) is 23.7. The van der Waals surface area contributed by atoms with Crippen molar-refractivity contribution in [3.63, 3.8) is 0 Å². The quantitative estimate of drug-likeness (QED) is 0.295. The number of hydrogen-bond donors (Lipinski definition) is 3. The number of nitrogens with one attached hydrogen (secondary N) is 3. The van der Waals surface area contributed by atoms with Crippen molar-refractivity contribution in [3.8, 4) is 0 Å². The van der Waals surface area contributed by atoms with Gasteiger partial charge in [0.1, 0.15) is 5.69 Å². The summed E-state index contributed by atoms with van der Waals surface area (Å²) in [5.41, 5.74) is 3.61. The monoisotopic (exact) mass is 451 g/mol. The molecule has 0 aliphatic heterocycles. The summed E-state index contributed by atoms with van der Waals surface area (Å²) in [5, 5.41) is 13.9. The average Bonchev–Trinajstić information content (AvgIpc) is 2.88. The van der Waals surface area contributed by atoms with Crippen molar-refractivity contribution >= 4 is 34.9 Å². The molecular weight excluding hydrogens is 430 g/mol. The van der Waals surface area contributed by atoms with Crippen molar-refractivity contribution in [2.45, 2.75) is 6.04 Å². The molecule has 4 aromatic rings. The molecule has 3 aromatic carbocycles. The second kappa shape index (κ2) is 10.6. The van der Waals surface area contributed by atoms with Gasteiger partial charge in [-0.05, 0) is 29.8 Å². The van der Waals surface area contributed by atoms with Gasteiger partial charge in [0.2, 0.25) is 0 Å². The van der Waals surface area contributed by atoms with Crippen molar-refractivity contribution in [3.05, 3.63) is 118 Å². The van der Waals surface area contributed by atoms with Crippen LogP contribution in [0.4, 0.5) is 0 Å². The van der Waals surface area contributed by atoms with Gasteiger partial charge in [0.05, 0.1) is 5.39 Å². The third kappa shape index (κ3) is 5.31. The van der Waals surface area contributed by atoms with E-state index < -0.39 is 23.4 Å². The van der Waals surface area contributed by atoms with E-state index in [1.54, 1.807) is 60.7 Å². The Balaban J connectivity index is 1.60. The summed E-state index contributed by atoms with van der Waals surface area (Å²) >= 11 is 0. The Hall–Kier alpha value is -4.85. The van der Waals surface area contributed by atoms with Gasteiger partial charge in [-0.15, -0.1) is 0 Å². The number of carbonyl (C=O) groups excluding carboxylic acids is 2. The fraction of sp³-hybridized carbons (Fsp3) is 0.0385. The Kier molecular flexibility index (Phi) is 7.00. The number of rotatable bonds is 7. The van der Waals surface area contributed by atoms with Gasteiger partial charge < -0.3 is 5.32 Å². The first-order chi connectivity index (χ1) is 16.6. The summed E-state index contributed by atoms with van der Waals surface area (Å²) in [6.07, 6.45) is 4.95. The third-order valence-corrected chi connectivity index (χ3v) is 5.00. The van der Waals surface area contributed by atoms with E-state index in [2.05, 4.69) is 26.0 Å². The van der Waals surface area contributed by atoms with Gasteiger partial charge in [-0.2, -0.15) is 10.2 Å². The summed E-state index contributed by atoms with van der Waals surface area (Å²) in [6.45, 7) is 0. The van der Waals surface area contributed by atoms with E-state index >= 15 is 0 Å². The molecule has 0 aliphatic carbocycles. The first kappa shape index (κ1) is 22.3. The number of fused-ring (bicyclic) bond motifs is 1. The van der Waals surface area contributed by atoms with E-state index in [4.69, 9.17) is 0 Å². The predicted molar refractivity (Wildman–Crippen MR) is 131 cm³/mol. The van der Waals surface area contributed by atoms with Crippen LogP contribution in [0.15, 0.2) is 101 Å². The molecule has 8 heteroatoms. The molecule has 3 N–H and O–H groups in total. The van der Waals surface area contributed by atoms with E-state index in [-0.39, 0.29) is 5.69 Å². The Labute approximate surface area is 195 Å². The van der Waals surface area contributed by atoms with Gasteiger partial charge >= 0.3 is 0 Å². The molecule has 0 bridgehead atoms. The summed E-state index contributed by atoms with van der Waals surface area (Å²) in [4.78, 5) is 38.1. The molecule has 2 amide bonds. The van der Waals surface area contributed by atoms with Crippen LogP contribution in [0.1, 0.15) is 27.7 Å². The largest absolute Gasteiger partial charge is 0.335 e. The van der Waals surface area contributed by atoms with Crippen molar-refractivity contribution < 1.29 is 9.59 Å². The van der Waals surface area contributed by atoms with Crippen molar-refractivity contribution in [2.75, 3.05) is 0 Å². The SMILES string of the molecule is O=C(N[C@H](C(=O)N/N=C\C=C\c1ccccc1)c1n[nH]c(=O)c2ccccc12)c1ccccc1. The number of nitrogens with zero attached hydrogens (tertiary/aromatic N) is 2. The maximum Gasteiger partial charge on any atom is 0.272 e. The smallest absolute Gasteiger partial charge is 0.272 e. The van der Waals surface area contributed by atoms with E-state index in [1.165, 1.54) is 6.21 Å². The van der Waals surface area contributed by atoms with Crippen LogP contribution in [0.25, 0.3) is 16.8 Å². The molecule has 1 heterocycles. The molecule has 0 aliphatic rings. The zero-order valence-electron chi connectivity index (χ0n) is 18.0. The van der Waals surface area contributed by atoms with Crippen LogP contribution in [0, 0.1) is 0 Å². The maximum absolute atomic E-state index is 13.1. The first-order valence-corrected chi connectivity index (χ1v) is 10.5. The Morgan fingerprint density at radius 3 is 2.26 bits per heavy atom. The molecular formula is C26H21N5O3. The van der Waals surface area contributed by atoms with E-state index in [1.807, 2.05) is 36.4 Å². The molecule has 34 heavy (non-hydrogen) atoms. The highest BCUT2D eigenvalue weighted by Gasteiger charge is 2.27. The van der Waals surface area contributed by atoms with Gasteiger partial charge in [-0.25, -0.2) is 10.5 Å². The maximum atomic E-state index is 13.1. The number of carbonyl (C=O) groups is 2. The number of amides is 2. The van der Waals surface area contributed by atoms with Gasteiger partial charge in [0.15, 0.2) is 6.04 Å². The number of hydrogen-bond acceptors (Lipinski definition) is 5. The molecule has 0 unspecified atom stereocenters. The molecule has 0 saturated carbocycles. The first-order valence-electron chi connectivity index (χ1n) is 10.5. The lowest BCUT2D eigenvalue weighted by atomic mass is 10.0. The number of benzene rings is 3. The highest BCUT2D eigenvalue weighted by atomic mass is 16.2. The summed E-state index contributed by atoms with van der Waals surface area (Å²) in [5.74, 6) is -1.08. The Morgan fingerprint density at radius 1 is 0.882 bits per heavy atom. The number of H-pyrrole nitrogens is 1. The lowest BCUT2D eigenvalue weighted by Crippen LogP contribution is -2.40. The number of aromatic nitrogens is 2. The highest BCUT2D eigenvalue weighted by Crippen LogP contribution is 2.20. The molecule has 0 fully saturated rings. The molecule has 0 spiro atoms. The molecule has 168 valence electrons. The lowest BCUT2D eigenvalue weighted by Gasteiger charge is -2.18. The molecule has 1 aromatic heterocycles. The number of allylic oxidation sites excluding steroid dienone is 1. The standard InChI is InChI=1S/C26H21N5O3/c32-24(19-13-5-2-6-14-19)28-23(22-20-15-7-8-16-21(20)25(33)31-29-22)26(34)30-27-17-9-12-18-10-3-1-4-11-18/h1-17,23H,(H,28,32)(H,30,34)(H,31,33)/b12-9+,27-17-/t23-/m0/s1. The number of hydrazone groups is 1. The molecule has 0 radical (unpaired) electrons. The lowest BCUT2D eigenvalue weighted by molar-refractivity contribution is -0.123. The van der Waals surface area contributed by atoms with Gasteiger partial charge in [0, 0.05) is 17.2 Å². The Bertz CT molecular complexity index is 1410. The van der Waals surface area contributed by atoms with E-state index in [0.29, 0.717) is 16.3 Å². The van der Waals surface area contributed by atoms with Crippen LogP contribution in [-0.4, -0.2) is 28.2 Å². The molecule has 4 rings (SSSR count). The van der Waals surface area contributed by atoms with E-state index in [9.17, 15) is 14.4 Å². The van der Waals surface area contributed by atoms with Crippen LogP contribution in [0.2, 0.25) is 0 Å². The van der Waals surface area contributed by atoms with Crippen molar-refractivity contribution in [1.82, 2.24) is 20.9 Å². The second-order valence-corrected chi connectivity index (χ2v) is 7.28. The highest BCUT2D eigenvalue weighted by molar-refractivity contribution is 5.99. The predicted octanol–water partition coefficient (Wildman–Crippen LogP) is 3.21. The fourth-order valence-corrected chi connectivity index (χ4v) is 3.34. The minimum absolute atomic E-state index is 0.201. The minimum Gasteiger partial charge on any atom is -0.335 e. The van der Waals surface area contributed by atoms with Crippen molar-refractivity contribution in [1.29, 1.82) is 0 Å². The van der Waals surface area contributed by atoms with Gasteiger partial charge in [-0.1, -0.05) is 72.8 Å². The summed E-state index contributed by atoms with van der Waals surface area (Å²) in [7, 11) is 0. The third-order valence-electron chi connectivity index (χ3n) is 5.00. The second-order valence-electron chi connectivity index (χ2n) is 7.28. The molecule has 8 nitrogen and oxygen atoms in total. The van der Waals surface area contributed by atoms with Crippen LogP contribution in [-0.2, 0) is 4.79 Å². The molecule has 1 atom stereocenters. The molecule has 0 saturated heterocycles. The fourth-order valence-electron chi connectivity index (χ4n) is 3.34.